The molecular formula is C8H18NO2S+. The zero-order chi connectivity index (χ0) is 9.61. The molecule has 0 saturated heterocycles. The van der Waals surface area contributed by atoms with E-state index in [1.165, 1.54) is 19.1 Å². The highest BCUT2D eigenvalue weighted by atomic mass is 32.2. The predicted molar refractivity (Wildman–Crippen MR) is 51.9 cm³/mol. The monoisotopic (exact) mass is 192 g/mol. The minimum atomic E-state index is -0.194. The van der Waals surface area contributed by atoms with Crippen molar-refractivity contribution < 1.29 is 13.4 Å². The van der Waals surface area contributed by atoms with Gasteiger partial charge >= 0.3 is 5.30 Å². The van der Waals surface area contributed by atoms with Crippen LogP contribution in [0.3, 0.4) is 0 Å². The second-order valence-corrected chi connectivity index (χ2v) is 3.84. The van der Waals surface area contributed by atoms with E-state index in [1.807, 2.05) is 0 Å². The molecule has 0 saturated carbocycles. The third-order valence-corrected chi connectivity index (χ3v) is 3.64. The van der Waals surface area contributed by atoms with Crippen LogP contribution in [0.1, 0.15) is 20.8 Å². The van der Waals surface area contributed by atoms with Crippen molar-refractivity contribution in [2.24, 2.45) is 0 Å². The molecule has 0 fully saturated rings. The molecular weight excluding hydrogens is 174 g/mol. The van der Waals surface area contributed by atoms with Gasteiger partial charge in [-0.15, -0.1) is 0 Å². The van der Waals surface area contributed by atoms with Crippen molar-refractivity contribution >= 4 is 17.2 Å². The molecule has 3 nitrogen and oxygen atoms in total. The van der Waals surface area contributed by atoms with Gasteiger partial charge in [0.15, 0.2) is 11.9 Å². The average Bonchev–Trinajstić information content (AvgIpc) is 2.14. The number of quaternary nitrogens is 1. The van der Waals surface area contributed by atoms with Crippen LogP contribution in [0.5, 0.6) is 0 Å². The molecule has 0 amide bonds. The maximum atomic E-state index is 11.0. The lowest BCUT2D eigenvalue weighted by Crippen LogP contribution is -2.41. The van der Waals surface area contributed by atoms with Gasteiger partial charge in [0.1, 0.15) is 0 Å². The fourth-order valence-electron chi connectivity index (χ4n) is 1.06. The predicted octanol–water partition coefficient (Wildman–Crippen LogP) is 2.28. The first-order valence-corrected chi connectivity index (χ1v) is 5.05. The van der Waals surface area contributed by atoms with Crippen molar-refractivity contribution in [1.29, 1.82) is 0 Å². The molecule has 0 aliphatic carbocycles. The van der Waals surface area contributed by atoms with E-state index in [0.717, 1.165) is 23.5 Å². The third kappa shape index (κ3) is 3.03. The molecule has 4 heteroatoms. The van der Waals surface area contributed by atoms with Gasteiger partial charge in [-0.05, 0) is 20.8 Å². The highest BCUT2D eigenvalue weighted by molar-refractivity contribution is 8.08. The number of nitrogens with zero attached hydrogens (tertiary/aromatic N) is 1. The molecule has 0 unspecified atom stereocenters. The number of carbonyl (C=O) groups is 1. The zero-order valence-corrected chi connectivity index (χ0v) is 9.11. The van der Waals surface area contributed by atoms with Crippen LogP contribution in [0.25, 0.3) is 0 Å². The Balaban J connectivity index is 4.19. The summed E-state index contributed by atoms with van der Waals surface area (Å²) in [5.74, 6) is 0. The summed E-state index contributed by atoms with van der Waals surface area (Å²) >= 11 is 1.27. The Kier molecular flexibility index (Phi) is 5.33. The Hall–Kier alpha value is -0.220. The van der Waals surface area contributed by atoms with Crippen LogP contribution in [0.15, 0.2) is 0 Å². The lowest BCUT2D eigenvalue weighted by Gasteiger charge is -2.30. The summed E-state index contributed by atoms with van der Waals surface area (Å²) in [6.07, 6.45) is 0. The third-order valence-electron chi connectivity index (χ3n) is 2.16. The molecule has 0 aliphatic rings. The van der Waals surface area contributed by atoms with Crippen molar-refractivity contribution in [3.63, 3.8) is 0 Å². The summed E-state index contributed by atoms with van der Waals surface area (Å²) in [5, 5.41) is -0.194. The highest BCUT2D eigenvalue weighted by Gasteiger charge is 2.28. The van der Waals surface area contributed by atoms with Gasteiger partial charge < -0.3 is 4.74 Å². The largest absolute Gasteiger partial charge is 0.457 e. The summed E-state index contributed by atoms with van der Waals surface area (Å²) < 4.78 is 5.36. The van der Waals surface area contributed by atoms with Gasteiger partial charge in [-0.2, -0.15) is 0 Å². The lowest BCUT2D eigenvalue weighted by molar-refractivity contribution is -0.788. The second kappa shape index (κ2) is 5.43. The SMILES string of the molecule is CC[N+](CC)(CC)SC(=O)OC. The maximum Gasteiger partial charge on any atom is 0.424 e. The van der Waals surface area contributed by atoms with Gasteiger partial charge in [-0.25, -0.2) is 4.79 Å². The molecule has 0 N–H and O–H groups in total. The highest BCUT2D eigenvalue weighted by Crippen LogP contribution is 2.23. The molecule has 0 aliphatic heterocycles. The van der Waals surface area contributed by atoms with E-state index < -0.39 is 0 Å². The first-order valence-electron chi connectivity index (χ1n) is 4.27. The van der Waals surface area contributed by atoms with Crippen molar-refractivity contribution in [2.75, 3.05) is 26.7 Å². The van der Waals surface area contributed by atoms with Crippen LogP contribution in [0.2, 0.25) is 0 Å². The number of ether oxygens (including phenoxy) is 1. The van der Waals surface area contributed by atoms with Crippen LogP contribution in [-0.4, -0.2) is 35.9 Å². The molecule has 0 aromatic carbocycles. The number of rotatable bonds is 4. The molecule has 0 bridgehead atoms. The summed E-state index contributed by atoms with van der Waals surface area (Å²) in [6, 6.07) is 0. The molecule has 0 heterocycles. The van der Waals surface area contributed by atoms with Gasteiger partial charge in [0.2, 0.25) is 0 Å². The van der Waals surface area contributed by atoms with Crippen molar-refractivity contribution in [2.45, 2.75) is 20.8 Å². The minimum Gasteiger partial charge on any atom is -0.457 e. The van der Waals surface area contributed by atoms with Crippen LogP contribution in [0, 0.1) is 0 Å². The topological polar surface area (TPSA) is 26.3 Å². The normalized spacial score (nSPS) is 11.3. The van der Waals surface area contributed by atoms with Gasteiger partial charge in [-0.3, -0.25) is 3.89 Å². The zero-order valence-electron chi connectivity index (χ0n) is 8.29. The first-order chi connectivity index (χ1) is 5.64. The maximum absolute atomic E-state index is 11.0. The van der Waals surface area contributed by atoms with E-state index in [-0.39, 0.29) is 5.30 Å². The number of carbonyl (C=O) groups excluding carboxylic acids is 1. The number of hydrogen-bond acceptors (Lipinski definition) is 3. The average molecular weight is 192 g/mol. The quantitative estimate of drug-likeness (QED) is 0.388. The van der Waals surface area contributed by atoms with E-state index in [2.05, 4.69) is 25.5 Å². The van der Waals surface area contributed by atoms with Crippen LogP contribution in [-0.2, 0) is 4.74 Å². The van der Waals surface area contributed by atoms with E-state index in [4.69, 9.17) is 0 Å². The van der Waals surface area contributed by atoms with Gasteiger partial charge in [0.05, 0.1) is 26.7 Å². The van der Waals surface area contributed by atoms with Crippen LogP contribution in [0.4, 0.5) is 4.79 Å². The molecule has 0 aromatic heterocycles. The molecule has 0 radical (unpaired) electrons. The fraction of sp³-hybridized carbons (Fsp3) is 0.875. The van der Waals surface area contributed by atoms with Crippen molar-refractivity contribution in [1.82, 2.24) is 0 Å². The summed E-state index contributed by atoms with van der Waals surface area (Å²) in [4.78, 5) is 11.0. The summed E-state index contributed by atoms with van der Waals surface area (Å²) in [6.45, 7) is 9.11. The Labute approximate surface area is 78.8 Å². The van der Waals surface area contributed by atoms with E-state index >= 15 is 0 Å². The van der Waals surface area contributed by atoms with Crippen molar-refractivity contribution in [3.8, 4) is 0 Å². The molecule has 0 rings (SSSR count). The Morgan fingerprint density at radius 1 is 1.25 bits per heavy atom. The van der Waals surface area contributed by atoms with Gasteiger partial charge in [0.25, 0.3) is 0 Å². The smallest absolute Gasteiger partial charge is 0.424 e. The molecule has 12 heavy (non-hydrogen) atoms. The van der Waals surface area contributed by atoms with Gasteiger partial charge in [0, 0.05) is 0 Å². The molecule has 0 spiro atoms. The standard InChI is InChI=1S/C8H18NO2S/c1-5-9(6-2,7-3)12-8(10)11-4/h5-7H2,1-4H3/q+1. The summed E-state index contributed by atoms with van der Waals surface area (Å²) in [5.41, 5.74) is 0. The van der Waals surface area contributed by atoms with Crippen LogP contribution >= 0.6 is 11.9 Å². The molecule has 0 atom stereocenters. The minimum absolute atomic E-state index is 0.194. The lowest BCUT2D eigenvalue weighted by atomic mass is 10.5. The van der Waals surface area contributed by atoms with E-state index in [1.54, 1.807) is 0 Å². The van der Waals surface area contributed by atoms with Gasteiger partial charge in [-0.1, -0.05) is 0 Å². The number of hydrogen-bond donors (Lipinski definition) is 0. The fourth-order valence-corrected chi connectivity index (χ4v) is 1.84. The van der Waals surface area contributed by atoms with E-state index in [0.29, 0.717) is 0 Å². The Morgan fingerprint density at radius 2 is 1.67 bits per heavy atom. The first kappa shape index (κ1) is 11.8. The second-order valence-electron chi connectivity index (χ2n) is 2.55. The van der Waals surface area contributed by atoms with Crippen molar-refractivity contribution in [3.05, 3.63) is 0 Å². The Bertz CT molecular complexity index is 138. The van der Waals surface area contributed by atoms with Crippen LogP contribution < -0.4 is 0 Å². The summed E-state index contributed by atoms with van der Waals surface area (Å²) in [7, 11) is 1.42. The molecule has 0 aromatic rings. The number of methoxy groups -OCH3 is 1. The Morgan fingerprint density at radius 3 is 1.92 bits per heavy atom. The molecule has 72 valence electrons. The van der Waals surface area contributed by atoms with E-state index in [9.17, 15) is 4.79 Å².